The van der Waals surface area contributed by atoms with Gasteiger partial charge in [-0.1, -0.05) is 0 Å². The van der Waals surface area contributed by atoms with Gasteiger partial charge in [-0.25, -0.2) is 8.42 Å². The van der Waals surface area contributed by atoms with E-state index in [1.807, 2.05) is 0 Å². The lowest BCUT2D eigenvalue weighted by Gasteiger charge is -2.23. The molecule has 116 valence electrons. The van der Waals surface area contributed by atoms with E-state index >= 15 is 0 Å². The van der Waals surface area contributed by atoms with Crippen LogP contribution in [0, 0.1) is 0 Å². The molecule has 1 aliphatic rings. The zero-order chi connectivity index (χ0) is 16.1. The van der Waals surface area contributed by atoms with E-state index in [9.17, 15) is 8.42 Å². The number of ether oxygens (including phenoxy) is 2. The number of anilines is 2. The van der Waals surface area contributed by atoms with Crippen molar-refractivity contribution < 1.29 is 17.9 Å². The Hall–Kier alpha value is -2.41. The van der Waals surface area contributed by atoms with E-state index in [0.29, 0.717) is 34.7 Å². The number of rotatable bonds is 2. The van der Waals surface area contributed by atoms with E-state index in [0.717, 1.165) is 0 Å². The number of benzene rings is 2. The number of sulfone groups is 1. The summed E-state index contributed by atoms with van der Waals surface area (Å²) in [4.78, 5) is 0.354. The Bertz CT molecular complexity index is 876. The molecule has 0 radical (unpaired) electrons. The molecule has 2 aromatic carbocycles. The van der Waals surface area contributed by atoms with Gasteiger partial charge in [0.1, 0.15) is 11.5 Å². The van der Waals surface area contributed by atoms with Crippen molar-refractivity contribution in [2.45, 2.75) is 16.2 Å². The van der Waals surface area contributed by atoms with Crippen LogP contribution in [-0.2, 0) is 16.3 Å². The van der Waals surface area contributed by atoms with Gasteiger partial charge in [0.05, 0.1) is 29.7 Å². The van der Waals surface area contributed by atoms with Gasteiger partial charge in [-0.3, -0.25) is 0 Å². The molecule has 0 unspecified atom stereocenters. The third-order valence-corrected chi connectivity index (χ3v) is 5.67. The Morgan fingerprint density at radius 1 is 0.955 bits per heavy atom. The molecule has 4 N–H and O–H groups in total. The average Bonchev–Trinajstić information content (AvgIpc) is 2.48. The first-order chi connectivity index (χ1) is 10.4. The van der Waals surface area contributed by atoms with Crippen molar-refractivity contribution in [3.8, 4) is 11.5 Å². The van der Waals surface area contributed by atoms with Crippen LogP contribution in [0.3, 0.4) is 0 Å². The lowest BCUT2D eigenvalue weighted by atomic mass is 10.0. The van der Waals surface area contributed by atoms with E-state index in [1.54, 1.807) is 12.1 Å². The molecule has 0 amide bonds. The molecule has 2 aromatic rings. The van der Waals surface area contributed by atoms with Gasteiger partial charge in [-0.2, -0.15) is 0 Å². The largest absolute Gasteiger partial charge is 0.496 e. The van der Waals surface area contributed by atoms with Crippen LogP contribution in [0.1, 0.15) is 11.1 Å². The maximum atomic E-state index is 12.9. The summed E-state index contributed by atoms with van der Waals surface area (Å²) in [6.45, 7) is 0. The topological polar surface area (TPSA) is 105 Å². The smallest absolute Gasteiger partial charge is 0.207 e. The van der Waals surface area contributed by atoms with Crippen LogP contribution in [0.25, 0.3) is 0 Å². The summed E-state index contributed by atoms with van der Waals surface area (Å²) in [7, 11) is -0.722. The highest BCUT2D eigenvalue weighted by atomic mass is 32.2. The summed E-state index contributed by atoms with van der Waals surface area (Å²) in [6, 6.07) is 6.16. The monoisotopic (exact) mass is 320 g/mol. The van der Waals surface area contributed by atoms with Gasteiger partial charge < -0.3 is 20.9 Å². The second-order valence-electron chi connectivity index (χ2n) is 5.08. The van der Waals surface area contributed by atoms with E-state index in [4.69, 9.17) is 20.9 Å². The van der Waals surface area contributed by atoms with Gasteiger partial charge in [0.2, 0.25) is 9.84 Å². The fourth-order valence-electron chi connectivity index (χ4n) is 2.73. The molecule has 7 heteroatoms. The minimum atomic E-state index is -3.70. The highest BCUT2D eigenvalue weighted by molar-refractivity contribution is 7.91. The van der Waals surface area contributed by atoms with E-state index in [1.165, 1.54) is 26.4 Å². The van der Waals surface area contributed by atoms with Gasteiger partial charge in [-0.05, 0) is 23.8 Å². The SMILES string of the molecule is COc1cc2c(cc1N)S(=O)(=O)c1cc(N)cc(OC)c1C2. The van der Waals surface area contributed by atoms with E-state index in [-0.39, 0.29) is 15.5 Å². The van der Waals surface area contributed by atoms with Crippen molar-refractivity contribution in [1.29, 1.82) is 0 Å². The molecule has 0 spiro atoms. The molecular formula is C15H16N2O4S. The van der Waals surface area contributed by atoms with Crippen molar-refractivity contribution in [1.82, 2.24) is 0 Å². The van der Waals surface area contributed by atoms with Crippen LogP contribution in [0.2, 0.25) is 0 Å². The first kappa shape index (κ1) is 14.5. The average molecular weight is 320 g/mol. The Morgan fingerprint density at radius 2 is 1.64 bits per heavy atom. The van der Waals surface area contributed by atoms with Crippen LogP contribution in [0.15, 0.2) is 34.1 Å². The molecule has 0 aliphatic carbocycles. The summed E-state index contributed by atoms with van der Waals surface area (Å²) in [5.74, 6) is 0.909. The molecular weight excluding hydrogens is 304 g/mol. The maximum Gasteiger partial charge on any atom is 0.207 e. The highest BCUT2D eigenvalue weighted by Gasteiger charge is 2.33. The van der Waals surface area contributed by atoms with Crippen LogP contribution < -0.4 is 20.9 Å². The number of methoxy groups -OCH3 is 2. The summed E-state index contributed by atoms with van der Waals surface area (Å²) in [5, 5.41) is 0. The number of hydrogen-bond donors (Lipinski definition) is 2. The predicted molar refractivity (Wildman–Crippen MR) is 83.1 cm³/mol. The zero-order valence-electron chi connectivity index (χ0n) is 12.2. The van der Waals surface area contributed by atoms with Gasteiger partial charge in [-0.15, -0.1) is 0 Å². The number of fused-ring (bicyclic) bond motifs is 2. The van der Waals surface area contributed by atoms with Crippen LogP contribution in [-0.4, -0.2) is 22.6 Å². The minimum Gasteiger partial charge on any atom is -0.496 e. The quantitative estimate of drug-likeness (QED) is 0.695. The second-order valence-corrected chi connectivity index (χ2v) is 6.97. The first-order valence-corrected chi connectivity index (χ1v) is 8.04. The van der Waals surface area contributed by atoms with Gasteiger partial charge in [0.15, 0.2) is 0 Å². The Kier molecular flexibility index (Phi) is 3.17. The molecule has 0 atom stereocenters. The van der Waals surface area contributed by atoms with Crippen molar-refractivity contribution >= 4 is 21.2 Å². The van der Waals surface area contributed by atoms with E-state index < -0.39 is 9.84 Å². The third kappa shape index (κ3) is 1.97. The predicted octanol–water partition coefficient (Wildman–Crippen LogP) is 1.61. The molecule has 0 aromatic heterocycles. The fraction of sp³-hybridized carbons (Fsp3) is 0.200. The molecule has 1 heterocycles. The molecule has 0 fully saturated rings. The van der Waals surface area contributed by atoms with Gasteiger partial charge >= 0.3 is 0 Å². The molecule has 22 heavy (non-hydrogen) atoms. The summed E-state index contributed by atoms with van der Waals surface area (Å²) in [5.41, 5.74) is 13.5. The van der Waals surface area contributed by atoms with Crippen molar-refractivity contribution in [2.24, 2.45) is 0 Å². The molecule has 1 aliphatic heterocycles. The molecule has 0 saturated carbocycles. The molecule has 3 rings (SSSR count). The number of nitrogen functional groups attached to an aromatic ring is 2. The van der Waals surface area contributed by atoms with Gasteiger partial charge in [0, 0.05) is 23.7 Å². The first-order valence-electron chi connectivity index (χ1n) is 6.56. The highest BCUT2D eigenvalue weighted by Crippen LogP contribution is 2.42. The summed E-state index contributed by atoms with van der Waals surface area (Å²) in [6.07, 6.45) is 0.407. The van der Waals surface area contributed by atoms with Crippen molar-refractivity contribution in [3.05, 3.63) is 35.4 Å². The van der Waals surface area contributed by atoms with E-state index in [2.05, 4.69) is 0 Å². The minimum absolute atomic E-state index is 0.168. The Balaban J connectivity index is 2.33. The van der Waals surface area contributed by atoms with Crippen LogP contribution in [0.5, 0.6) is 11.5 Å². The maximum absolute atomic E-state index is 12.9. The Labute approximate surface area is 128 Å². The molecule has 6 nitrogen and oxygen atoms in total. The summed E-state index contributed by atoms with van der Waals surface area (Å²) >= 11 is 0. The second kappa shape index (κ2) is 4.81. The Morgan fingerprint density at radius 3 is 2.27 bits per heavy atom. The summed E-state index contributed by atoms with van der Waals surface area (Å²) < 4.78 is 36.2. The van der Waals surface area contributed by atoms with Crippen molar-refractivity contribution in [3.63, 3.8) is 0 Å². The molecule has 0 bridgehead atoms. The van der Waals surface area contributed by atoms with Gasteiger partial charge in [0.25, 0.3) is 0 Å². The lowest BCUT2D eigenvalue weighted by Crippen LogP contribution is -2.17. The van der Waals surface area contributed by atoms with Crippen LogP contribution >= 0.6 is 0 Å². The third-order valence-electron chi connectivity index (χ3n) is 3.77. The standard InChI is InChI=1S/C15H16N2O4S/c1-20-12-5-9(16)6-15-10(12)3-8-4-13(21-2)11(17)7-14(8)22(15,18)19/h4-7H,3,16-17H2,1-2H3. The number of hydrogen-bond acceptors (Lipinski definition) is 6. The number of nitrogens with two attached hydrogens (primary N) is 2. The van der Waals surface area contributed by atoms with Crippen LogP contribution in [0.4, 0.5) is 11.4 Å². The normalized spacial score (nSPS) is 14.8. The van der Waals surface area contributed by atoms with Crippen molar-refractivity contribution in [2.75, 3.05) is 25.7 Å². The molecule has 0 saturated heterocycles. The lowest BCUT2D eigenvalue weighted by molar-refractivity contribution is 0.407. The fourth-order valence-corrected chi connectivity index (χ4v) is 4.51. The zero-order valence-corrected chi connectivity index (χ0v) is 13.0.